The Morgan fingerprint density at radius 2 is 1.65 bits per heavy atom. The first-order valence-corrected chi connectivity index (χ1v) is 23.8. The standard InChI is InChI=1S/C24H15FNS.C18H24GeN.Ir/c1-15-14-26-22(13-21(15)16-6-3-2-4-7-16)20-9-5-8-19-18-11-10-17(25)12-23(18)27-24(19)20;1-13(2)16-11-18(15-9-7-14(3)8-10-15)20-12-17(16)19(4,5)6;/h2-8,10-14H,1H3;7-9,11-13H,1-6H3;/q2*-1;/i1D3;13D;. The van der Waals surface area contributed by atoms with Gasteiger partial charge in [-0.25, -0.2) is 4.39 Å². The van der Waals surface area contributed by atoms with Crippen molar-refractivity contribution in [2.24, 2.45) is 0 Å². The van der Waals surface area contributed by atoms with E-state index in [2.05, 4.69) is 64.5 Å². The molecule has 3 aromatic heterocycles. The van der Waals surface area contributed by atoms with Crippen LogP contribution in [0.4, 0.5) is 4.39 Å². The number of nitrogens with zero attached hydrogens (tertiary/aromatic N) is 2. The number of benzene rings is 4. The molecular weight excluding hydrogens is 848 g/mol. The van der Waals surface area contributed by atoms with Crippen LogP contribution in [0.2, 0.25) is 17.3 Å². The Morgan fingerprint density at radius 1 is 0.875 bits per heavy atom. The Bertz CT molecular complexity index is 2350. The van der Waals surface area contributed by atoms with Crippen LogP contribution in [0, 0.1) is 31.7 Å². The summed E-state index contributed by atoms with van der Waals surface area (Å²) in [6.45, 7) is 3.70. The summed E-state index contributed by atoms with van der Waals surface area (Å²) in [5.41, 5.74) is 7.30. The third-order valence-electron chi connectivity index (χ3n) is 8.13. The van der Waals surface area contributed by atoms with E-state index in [1.54, 1.807) is 6.07 Å². The average molecular weight is 892 g/mol. The van der Waals surface area contributed by atoms with Crippen LogP contribution in [0.25, 0.3) is 53.8 Å². The zero-order chi connectivity index (χ0) is 36.7. The van der Waals surface area contributed by atoms with Gasteiger partial charge in [0.25, 0.3) is 0 Å². The smallest absolute Gasteiger partial charge is 0.124 e. The molecule has 0 saturated heterocycles. The van der Waals surface area contributed by atoms with Crippen molar-refractivity contribution in [2.45, 2.75) is 50.8 Å². The van der Waals surface area contributed by atoms with Gasteiger partial charge in [0.15, 0.2) is 0 Å². The van der Waals surface area contributed by atoms with Crippen LogP contribution in [-0.2, 0) is 20.1 Å². The van der Waals surface area contributed by atoms with Crippen molar-refractivity contribution in [3.8, 4) is 33.6 Å². The first-order valence-electron chi connectivity index (χ1n) is 17.6. The van der Waals surface area contributed by atoms with Crippen LogP contribution in [0.15, 0.2) is 103 Å². The first kappa shape index (κ1) is 30.6. The molecule has 4 aromatic carbocycles. The fourth-order valence-corrected chi connectivity index (χ4v) is 10.2. The van der Waals surface area contributed by atoms with Crippen molar-refractivity contribution in [1.29, 1.82) is 0 Å². The summed E-state index contributed by atoms with van der Waals surface area (Å²) in [5.74, 6) is 6.18. The maximum atomic E-state index is 13.7. The molecule has 0 N–H and O–H groups in total. The van der Waals surface area contributed by atoms with E-state index in [1.807, 2.05) is 74.6 Å². The molecule has 0 aliphatic rings. The van der Waals surface area contributed by atoms with Gasteiger partial charge in [-0.2, -0.15) is 11.3 Å². The largest absolute Gasteiger partial charge is 0.304 e. The quantitative estimate of drug-likeness (QED) is 0.127. The minimum absolute atomic E-state index is 0. The van der Waals surface area contributed by atoms with Gasteiger partial charge in [0.1, 0.15) is 5.82 Å². The van der Waals surface area contributed by atoms with E-state index in [9.17, 15) is 4.39 Å². The molecule has 6 heteroatoms. The number of hydrogen-bond donors (Lipinski definition) is 0. The van der Waals surface area contributed by atoms with Gasteiger partial charge in [-0.3, -0.25) is 0 Å². The van der Waals surface area contributed by atoms with E-state index in [0.717, 1.165) is 48.1 Å². The third-order valence-corrected chi connectivity index (χ3v) is 13.5. The molecule has 0 aliphatic carbocycles. The summed E-state index contributed by atoms with van der Waals surface area (Å²) in [5, 5.41) is 1.99. The number of aromatic nitrogens is 2. The Hall–Kier alpha value is -3.48. The summed E-state index contributed by atoms with van der Waals surface area (Å²) in [6, 6.07) is 34.6. The SMILES string of the molecule is [2H]C(C)(C)c1cc(-c2[c-]cc(C)cc2)nc[c]1[Ge]([CH3])([CH3])[CH3].[2H]C([2H])([2H])c1cnc(-c2[c-]ccc3c2sc2cc(F)ccc23)cc1-c1ccccc1.[Ir]. The van der Waals surface area contributed by atoms with Crippen LogP contribution >= 0.6 is 11.3 Å². The first-order chi connectivity index (χ1) is 24.0. The molecule has 1 radical (unpaired) electrons. The second-order valence-corrected chi connectivity index (χ2v) is 24.6. The maximum Gasteiger partial charge on any atom is 0.124 e. The molecule has 0 spiro atoms. The zero-order valence-corrected chi connectivity index (χ0v) is 33.1. The van der Waals surface area contributed by atoms with Crippen molar-refractivity contribution in [2.75, 3.05) is 0 Å². The van der Waals surface area contributed by atoms with Gasteiger partial charge >= 0.3 is 127 Å². The molecule has 0 bridgehead atoms. The molecule has 245 valence electrons. The number of rotatable bonds is 5. The van der Waals surface area contributed by atoms with Gasteiger partial charge in [-0.1, -0.05) is 47.9 Å². The summed E-state index contributed by atoms with van der Waals surface area (Å²) in [4.78, 5) is 9.13. The monoisotopic (exact) mass is 893 g/mol. The number of hydrogen-bond acceptors (Lipinski definition) is 3. The second-order valence-electron chi connectivity index (χ2n) is 13.0. The zero-order valence-electron chi connectivity index (χ0n) is 31.8. The number of aryl methyl sites for hydroxylation is 2. The topological polar surface area (TPSA) is 25.8 Å². The molecule has 0 unspecified atom stereocenters. The molecule has 3 heterocycles. The van der Waals surface area contributed by atoms with E-state index in [0.29, 0.717) is 11.3 Å². The minimum atomic E-state index is -2.28. The van der Waals surface area contributed by atoms with Gasteiger partial charge in [-0.15, -0.1) is 23.8 Å². The number of pyridine rings is 2. The fraction of sp³-hybridized carbons (Fsp3) is 0.190. The molecule has 0 fully saturated rings. The third kappa shape index (κ3) is 7.71. The number of halogens is 1. The van der Waals surface area contributed by atoms with Gasteiger partial charge in [0.05, 0.1) is 0 Å². The van der Waals surface area contributed by atoms with Gasteiger partial charge in [0, 0.05) is 35.1 Å². The van der Waals surface area contributed by atoms with E-state index in [4.69, 9.17) is 5.48 Å². The van der Waals surface area contributed by atoms with Crippen molar-refractivity contribution in [3.05, 3.63) is 138 Å². The molecule has 7 rings (SSSR count). The normalized spacial score (nSPS) is 13.1. The van der Waals surface area contributed by atoms with Crippen LogP contribution in [0.5, 0.6) is 0 Å². The summed E-state index contributed by atoms with van der Waals surface area (Å²) < 4.78 is 49.1. The Morgan fingerprint density at radius 3 is 2.33 bits per heavy atom. The van der Waals surface area contributed by atoms with E-state index in [1.165, 1.54) is 39.6 Å². The molecule has 0 atom stereocenters. The van der Waals surface area contributed by atoms with Gasteiger partial charge in [-0.05, 0) is 51.5 Å². The van der Waals surface area contributed by atoms with Crippen molar-refractivity contribution < 1.29 is 30.0 Å². The molecular formula is C42H39FGeIrN2S-2. The van der Waals surface area contributed by atoms with Crippen molar-refractivity contribution in [1.82, 2.24) is 9.97 Å². The maximum absolute atomic E-state index is 13.7. The Balaban J connectivity index is 0.000000210. The van der Waals surface area contributed by atoms with E-state index >= 15 is 0 Å². The number of thiophene rings is 1. The van der Waals surface area contributed by atoms with Gasteiger partial charge in [0.2, 0.25) is 0 Å². The predicted octanol–water partition coefficient (Wildman–Crippen LogP) is 11.6. The summed E-state index contributed by atoms with van der Waals surface area (Å²) in [6.07, 6.45) is 3.44. The number of fused-ring (bicyclic) bond motifs is 3. The van der Waals surface area contributed by atoms with Crippen LogP contribution in [0.3, 0.4) is 0 Å². The molecule has 2 nitrogen and oxygen atoms in total. The molecule has 48 heavy (non-hydrogen) atoms. The minimum Gasteiger partial charge on any atom is -0.304 e. The summed E-state index contributed by atoms with van der Waals surface area (Å²) >= 11 is -0.550. The Kier molecular flexibility index (Phi) is 9.53. The van der Waals surface area contributed by atoms with Crippen molar-refractivity contribution >= 4 is 49.2 Å². The van der Waals surface area contributed by atoms with Crippen LogP contribution in [0.1, 0.15) is 41.9 Å². The molecule has 0 aliphatic heterocycles. The average Bonchev–Trinajstić information content (AvgIpc) is 3.45. The molecule has 0 amide bonds. The van der Waals surface area contributed by atoms with Crippen LogP contribution < -0.4 is 4.40 Å². The second kappa shape index (κ2) is 15.0. The van der Waals surface area contributed by atoms with Gasteiger partial charge < -0.3 is 4.98 Å². The Labute approximate surface area is 309 Å². The molecule has 7 aromatic rings. The van der Waals surface area contributed by atoms with E-state index < -0.39 is 26.0 Å². The van der Waals surface area contributed by atoms with Crippen molar-refractivity contribution in [3.63, 3.8) is 0 Å². The summed E-state index contributed by atoms with van der Waals surface area (Å²) in [7, 11) is 0. The molecule has 0 saturated carbocycles. The predicted molar refractivity (Wildman–Crippen MR) is 202 cm³/mol. The fourth-order valence-electron chi connectivity index (χ4n) is 5.63. The van der Waals surface area contributed by atoms with Crippen LogP contribution in [-0.4, -0.2) is 23.2 Å². The van der Waals surface area contributed by atoms with E-state index in [-0.39, 0.29) is 31.5 Å².